The number of hydrogen-bond acceptors (Lipinski definition) is 2. The molecule has 2 atom stereocenters. The van der Waals surface area contributed by atoms with Gasteiger partial charge in [-0.1, -0.05) is 0 Å². The Morgan fingerprint density at radius 2 is 1.74 bits per heavy atom. The van der Waals surface area contributed by atoms with E-state index in [9.17, 15) is 9.59 Å². The van der Waals surface area contributed by atoms with Crippen LogP contribution in [0.2, 0.25) is 0 Å². The standard InChI is InChI=1S/C14H24N2O3/c1-10-4-3-5-11(2)16(10)14(19)15(12-6-7-12)9-8-13(17)18/h10-12H,3-9H2,1-2H3,(H,17,18)/t10-,11+. The number of likely N-dealkylation sites (tertiary alicyclic amines) is 1. The van der Waals surface area contributed by atoms with E-state index in [2.05, 4.69) is 13.8 Å². The first kappa shape index (κ1) is 14.2. The van der Waals surface area contributed by atoms with Gasteiger partial charge in [-0.05, 0) is 46.0 Å². The Morgan fingerprint density at radius 3 is 2.21 bits per heavy atom. The summed E-state index contributed by atoms with van der Waals surface area (Å²) >= 11 is 0. The molecule has 2 aliphatic rings. The Hall–Kier alpha value is -1.26. The summed E-state index contributed by atoms with van der Waals surface area (Å²) in [5, 5.41) is 8.81. The van der Waals surface area contributed by atoms with Gasteiger partial charge in [0.25, 0.3) is 0 Å². The van der Waals surface area contributed by atoms with Crippen molar-refractivity contribution >= 4 is 12.0 Å². The van der Waals surface area contributed by atoms with Crippen molar-refractivity contribution in [3.8, 4) is 0 Å². The van der Waals surface area contributed by atoms with Crippen LogP contribution >= 0.6 is 0 Å². The van der Waals surface area contributed by atoms with Crippen LogP contribution in [0.15, 0.2) is 0 Å². The van der Waals surface area contributed by atoms with E-state index in [0.717, 1.165) is 25.7 Å². The molecule has 2 fully saturated rings. The summed E-state index contributed by atoms with van der Waals surface area (Å²) in [5.41, 5.74) is 0. The summed E-state index contributed by atoms with van der Waals surface area (Å²) in [4.78, 5) is 27.1. The van der Waals surface area contributed by atoms with Gasteiger partial charge in [-0.15, -0.1) is 0 Å². The summed E-state index contributed by atoms with van der Waals surface area (Å²) in [6.07, 6.45) is 5.34. The molecule has 0 radical (unpaired) electrons. The molecule has 1 N–H and O–H groups in total. The smallest absolute Gasteiger partial charge is 0.320 e. The third-order valence-corrected chi connectivity index (χ3v) is 4.21. The van der Waals surface area contributed by atoms with Crippen LogP contribution in [0.25, 0.3) is 0 Å². The lowest BCUT2D eigenvalue weighted by molar-refractivity contribution is -0.137. The molecular weight excluding hydrogens is 244 g/mol. The van der Waals surface area contributed by atoms with Crippen molar-refractivity contribution in [1.82, 2.24) is 9.80 Å². The van der Waals surface area contributed by atoms with E-state index >= 15 is 0 Å². The first-order chi connectivity index (χ1) is 9.00. The molecule has 0 spiro atoms. The maximum atomic E-state index is 12.7. The normalized spacial score (nSPS) is 27.2. The Morgan fingerprint density at radius 1 is 1.16 bits per heavy atom. The van der Waals surface area contributed by atoms with Gasteiger partial charge in [-0.2, -0.15) is 0 Å². The van der Waals surface area contributed by atoms with Crippen molar-refractivity contribution in [3.63, 3.8) is 0 Å². The zero-order chi connectivity index (χ0) is 14.0. The molecule has 1 aliphatic heterocycles. The highest BCUT2D eigenvalue weighted by molar-refractivity contribution is 5.77. The minimum absolute atomic E-state index is 0.0405. The molecule has 5 heteroatoms. The fourth-order valence-electron chi connectivity index (χ4n) is 2.98. The highest BCUT2D eigenvalue weighted by atomic mass is 16.4. The fourth-order valence-corrected chi connectivity index (χ4v) is 2.98. The topological polar surface area (TPSA) is 60.9 Å². The minimum Gasteiger partial charge on any atom is -0.481 e. The molecule has 5 nitrogen and oxygen atoms in total. The van der Waals surface area contributed by atoms with Crippen LogP contribution in [0, 0.1) is 0 Å². The third-order valence-electron chi connectivity index (χ3n) is 4.21. The van der Waals surface area contributed by atoms with Crippen LogP contribution in [-0.4, -0.2) is 51.6 Å². The largest absolute Gasteiger partial charge is 0.481 e. The Bertz CT molecular complexity index is 345. The van der Waals surface area contributed by atoms with Gasteiger partial charge in [-0.3, -0.25) is 4.79 Å². The van der Waals surface area contributed by atoms with Gasteiger partial charge < -0.3 is 14.9 Å². The zero-order valence-corrected chi connectivity index (χ0v) is 11.8. The van der Waals surface area contributed by atoms with E-state index in [-0.39, 0.29) is 30.6 Å². The van der Waals surface area contributed by atoms with Gasteiger partial charge in [0.15, 0.2) is 0 Å². The van der Waals surface area contributed by atoms with E-state index in [1.165, 1.54) is 6.42 Å². The zero-order valence-electron chi connectivity index (χ0n) is 11.8. The van der Waals surface area contributed by atoms with Crippen molar-refractivity contribution < 1.29 is 14.7 Å². The van der Waals surface area contributed by atoms with E-state index in [1.54, 1.807) is 4.90 Å². The van der Waals surface area contributed by atoms with E-state index < -0.39 is 5.97 Å². The van der Waals surface area contributed by atoms with Gasteiger partial charge in [-0.25, -0.2) is 4.79 Å². The van der Waals surface area contributed by atoms with Crippen molar-refractivity contribution in [2.24, 2.45) is 0 Å². The van der Waals surface area contributed by atoms with Crippen molar-refractivity contribution in [3.05, 3.63) is 0 Å². The van der Waals surface area contributed by atoms with E-state index in [4.69, 9.17) is 5.11 Å². The second kappa shape index (κ2) is 5.80. The number of hydrogen-bond donors (Lipinski definition) is 1. The van der Waals surface area contributed by atoms with Crippen molar-refractivity contribution in [2.45, 2.75) is 70.5 Å². The van der Waals surface area contributed by atoms with Gasteiger partial charge in [0.05, 0.1) is 6.42 Å². The van der Waals surface area contributed by atoms with Crippen molar-refractivity contribution in [1.29, 1.82) is 0 Å². The fraction of sp³-hybridized carbons (Fsp3) is 0.857. The van der Waals surface area contributed by atoms with Crippen LogP contribution in [0.1, 0.15) is 52.4 Å². The molecule has 1 aliphatic carbocycles. The van der Waals surface area contributed by atoms with E-state index in [1.807, 2.05) is 4.90 Å². The summed E-state index contributed by atoms with van der Waals surface area (Å²) in [6.45, 7) is 4.53. The molecule has 19 heavy (non-hydrogen) atoms. The molecule has 0 aromatic rings. The lowest BCUT2D eigenvalue weighted by Crippen LogP contribution is -2.54. The number of nitrogens with zero attached hydrogens (tertiary/aromatic N) is 2. The third kappa shape index (κ3) is 3.39. The Kier molecular flexibility index (Phi) is 4.32. The maximum absolute atomic E-state index is 12.7. The molecule has 0 aromatic heterocycles. The number of piperidine rings is 1. The number of carboxylic acids is 1. The number of carbonyl (C=O) groups excluding carboxylic acids is 1. The van der Waals surface area contributed by atoms with Crippen molar-refractivity contribution in [2.75, 3.05) is 6.54 Å². The molecule has 0 aromatic carbocycles. The van der Waals surface area contributed by atoms with E-state index in [0.29, 0.717) is 6.54 Å². The highest BCUT2D eigenvalue weighted by Crippen LogP contribution is 2.31. The van der Waals surface area contributed by atoms with Gasteiger partial charge >= 0.3 is 12.0 Å². The summed E-state index contributed by atoms with van der Waals surface area (Å²) in [7, 11) is 0. The predicted molar refractivity (Wildman–Crippen MR) is 72.0 cm³/mol. The highest BCUT2D eigenvalue weighted by Gasteiger charge is 2.38. The van der Waals surface area contributed by atoms with Crippen LogP contribution in [0.5, 0.6) is 0 Å². The lowest BCUT2D eigenvalue weighted by atomic mass is 9.98. The van der Waals surface area contributed by atoms with Crippen LogP contribution in [0.4, 0.5) is 4.79 Å². The minimum atomic E-state index is -0.835. The van der Waals surface area contributed by atoms with Crippen LogP contribution in [0.3, 0.4) is 0 Å². The second-order valence-electron chi connectivity index (χ2n) is 5.89. The summed E-state index contributed by atoms with van der Waals surface area (Å²) in [6, 6.07) is 0.848. The molecule has 1 heterocycles. The number of rotatable bonds is 4. The monoisotopic (exact) mass is 268 g/mol. The van der Waals surface area contributed by atoms with Crippen LogP contribution < -0.4 is 0 Å². The molecule has 2 rings (SSSR count). The summed E-state index contributed by atoms with van der Waals surface area (Å²) in [5.74, 6) is -0.835. The molecule has 0 unspecified atom stereocenters. The van der Waals surface area contributed by atoms with Crippen LogP contribution in [-0.2, 0) is 4.79 Å². The number of urea groups is 1. The average molecular weight is 268 g/mol. The number of carbonyl (C=O) groups is 2. The Labute approximate surface area is 114 Å². The maximum Gasteiger partial charge on any atom is 0.320 e. The number of amides is 2. The molecule has 0 bridgehead atoms. The SMILES string of the molecule is C[C@@H]1CCC[C@H](C)N1C(=O)N(CCC(=O)O)C1CC1. The van der Waals surface area contributed by atoms with Gasteiger partial charge in [0.1, 0.15) is 0 Å². The summed E-state index contributed by atoms with van der Waals surface area (Å²) < 4.78 is 0. The average Bonchev–Trinajstić information content (AvgIpc) is 3.13. The Balaban J connectivity index is 2.03. The quantitative estimate of drug-likeness (QED) is 0.851. The molecular formula is C14H24N2O3. The van der Waals surface area contributed by atoms with Gasteiger partial charge in [0.2, 0.25) is 0 Å². The number of aliphatic carboxylic acids is 1. The molecule has 2 amide bonds. The lowest BCUT2D eigenvalue weighted by Gasteiger charge is -2.42. The van der Waals surface area contributed by atoms with Gasteiger partial charge in [0, 0.05) is 24.7 Å². The number of carboxylic acid groups (broad SMARTS) is 1. The predicted octanol–water partition coefficient (Wildman–Crippen LogP) is 2.31. The molecule has 1 saturated heterocycles. The first-order valence-corrected chi connectivity index (χ1v) is 7.31. The first-order valence-electron chi connectivity index (χ1n) is 7.31. The molecule has 1 saturated carbocycles. The second-order valence-corrected chi connectivity index (χ2v) is 5.89. The molecule has 108 valence electrons.